The van der Waals surface area contributed by atoms with Crippen LogP contribution in [0.15, 0.2) is 42.0 Å². The Morgan fingerprint density at radius 1 is 1.17 bits per heavy atom. The molecule has 1 aromatic rings. The lowest BCUT2D eigenvalue weighted by Gasteiger charge is -2.53. The molecular formula is C20H22O4. The Morgan fingerprint density at radius 2 is 1.92 bits per heavy atom. The molecule has 0 radical (unpaired) electrons. The first-order valence-corrected chi connectivity index (χ1v) is 8.71. The third-order valence-electron chi connectivity index (χ3n) is 5.81. The van der Waals surface area contributed by atoms with Crippen molar-refractivity contribution in [2.24, 2.45) is 11.3 Å². The molecule has 4 heteroatoms. The van der Waals surface area contributed by atoms with Gasteiger partial charge in [-0.1, -0.05) is 35.9 Å². The molecule has 1 aromatic carbocycles. The molecule has 1 aliphatic heterocycles. The minimum absolute atomic E-state index is 0.0706. The molecule has 0 N–H and O–H groups in total. The summed E-state index contributed by atoms with van der Waals surface area (Å²) in [5, 5.41) is 0. The van der Waals surface area contributed by atoms with Gasteiger partial charge < -0.3 is 14.3 Å². The SMILES string of the molecule is O=CC1CC2(Cc3ccccc3)C(=CC1=O)CCCC21OCCO1. The van der Waals surface area contributed by atoms with Crippen LogP contribution in [0.5, 0.6) is 0 Å². The van der Waals surface area contributed by atoms with Gasteiger partial charge in [-0.3, -0.25) is 4.79 Å². The second-order valence-corrected chi connectivity index (χ2v) is 7.07. The highest BCUT2D eigenvalue weighted by Gasteiger charge is 2.61. The van der Waals surface area contributed by atoms with Crippen molar-refractivity contribution in [3.63, 3.8) is 0 Å². The van der Waals surface area contributed by atoms with E-state index < -0.39 is 17.1 Å². The van der Waals surface area contributed by atoms with Gasteiger partial charge in [0.2, 0.25) is 0 Å². The van der Waals surface area contributed by atoms with Crippen LogP contribution >= 0.6 is 0 Å². The van der Waals surface area contributed by atoms with E-state index in [0.29, 0.717) is 19.6 Å². The molecule has 0 bridgehead atoms. The highest BCUT2D eigenvalue weighted by molar-refractivity contribution is 6.02. The summed E-state index contributed by atoms with van der Waals surface area (Å²) in [6, 6.07) is 10.2. The predicted molar refractivity (Wildman–Crippen MR) is 88.3 cm³/mol. The summed E-state index contributed by atoms with van der Waals surface area (Å²) in [6.07, 6.45) is 6.35. The van der Waals surface area contributed by atoms with Crippen LogP contribution in [0.1, 0.15) is 31.2 Å². The Morgan fingerprint density at radius 3 is 2.62 bits per heavy atom. The fourth-order valence-electron chi connectivity index (χ4n) is 4.74. The van der Waals surface area contributed by atoms with Crippen molar-refractivity contribution < 1.29 is 19.1 Å². The monoisotopic (exact) mass is 326 g/mol. The van der Waals surface area contributed by atoms with Gasteiger partial charge in [0.25, 0.3) is 0 Å². The molecule has 4 rings (SSSR count). The van der Waals surface area contributed by atoms with Gasteiger partial charge in [0.1, 0.15) is 6.29 Å². The molecule has 2 unspecified atom stereocenters. The largest absolute Gasteiger partial charge is 0.347 e. The Bertz CT molecular complexity index is 672. The second kappa shape index (κ2) is 5.94. The Kier molecular flexibility index (Phi) is 3.89. The van der Waals surface area contributed by atoms with Gasteiger partial charge in [-0.05, 0) is 37.3 Å². The smallest absolute Gasteiger partial charge is 0.178 e. The molecule has 2 atom stereocenters. The fraction of sp³-hybridized carbons (Fsp3) is 0.500. The summed E-state index contributed by atoms with van der Waals surface area (Å²) in [5.74, 6) is -1.37. The van der Waals surface area contributed by atoms with Gasteiger partial charge in [-0.15, -0.1) is 0 Å². The average molecular weight is 326 g/mol. The Labute approximate surface area is 141 Å². The van der Waals surface area contributed by atoms with Gasteiger partial charge in [0.15, 0.2) is 11.6 Å². The summed E-state index contributed by atoms with van der Waals surface area (Å²) in [4.78, 5) is 23.8. The number of carbonyl (C=O) groups excluding carboxylic acids is 2. The Hall–Kier alpha value is -1.78. The number of hydrogen-bond acceptors (Lipinski definition) is 4. The minimum atomic E-state index is -0.700. The van der Waals surface area contributed by atoms with E-state index >= 15 is 0 Å². The number of rotatable bonds is 3. The molecular weight excluding hydrogens is 304 g/mol. The van der Waals surface area contributed by atoms with Crippen molar-refractivity contribution in [2.75, 3.05) is 13.2 Å². The number of carbonyl (C=O) groups is 2. The van der Waals surface area contributed by atoms with Crippen LogP contribution in [0.2, 0.25) is 0 Å². The van der Waals surface area contributed by atoms with Crippen LogP contribution in [0.4, 0.5) is 0 Å². The van der Waals surface area contributed by atoms with Crippen molar-refractivity contribution in [2.45, 2.75) is 37.9 Å². The lowest BCUT2D eigenvalue weighted by Crippen LogP contribution is -2.57. The molecule has 2 fully saturated rings. The van der Waals surface area contributed by atoms with Crippen LogP contribution in [0.3, 0.4) is 0 Å². The molecule has 0 aromatic heterocycles. The number of benzene rings is 1. The average Bonchev–Trinajstić information content (AvgIpc) is 3.07. The number of hydrogen-bond donors (Lipinski definition) is 0. The van der Waals surface area contributed by atoms with Crippen LogP contribution < -0.4 is 0 Å². The predicted octanol–water partition coefficient (Wildman–Crippen LogP) is 2.86. The normalized spacial score (nSPS) is 31.6. The second-order valence-electron chi connectivity index (χ2n) is 7.07. The van der Waals surface area contributed by atoms with Crippen molar-refractivity contribution in [3.05, 3.63) is 47.5 Å². The van der Waals surface area contributed by atoms with E-state index in [1.165, 1.54) is 5.56 Å². The summed E-state index contributed by atoms with van der Waals surface area (Å²) in [7, 11) is 0. The van der Waals surface area contributed by atoms with E-state index in [4.69, 9.17) is 9.47 Å². The number of fused-ring (bicyclic) bond motifs is 2. The molecule has 4 nitrogen and oxygen atoms in total. The summed E-state index contributed by atoms with van der Waals surface area (Å²) >= 11 is 0. The maximum atomic E-state index is 12.3. The molecule has 3 aliphatic rings. The fourth-order valence-corrected chi connectivity index (χ4v) is 4.74. The number of ketones is 1. The van der Waals surface area contributed by atoms with E-state index in [1.807, 2.05) is 18.2 Å². The number of aldehydes is 1. The zero-order chi connectivity index (χ0) is 16.6. The maximum Gasteiger partial charge on any atom is 0.178 e. The molecule has 1 spiro atoms. The van der Waals surface area contributed by atoms with Gasteiger partial charge in [-0.2, -0.15) is 0 Å². The van der Waals surface area contributed by atoms with Crippen LogP contribution in [0.25, 0.3) is 0 Å². The molecule has 2 aliphatic carbocycles. The van der Waals surface area contributed by atoms with Crippen molar-refractivity contribution >= 4 is 12.1 Å². The maximum absolute atomic E-state index is 12.3. The first-order valence-electron chi connectivity index (χ1n) is 8.71. The van der Waals surface area contributed by atoms with Gasteiger partial charge >= 0.3 is 0 Å². The molecule has 1 heterocycles. The van der Waals surface area contributed by atoms with Gasteiger partial charge in [0.05, 0.1) is 24.5 Å². The zero-order valence-electron chi connectivity index (χ0n) is 13.7. The van der Waals surface area contributed by atoms with E-state index in [-0.39, 0.29) is 5.78 Å². The van der Waals surface area contributed by atoms with E-state index in [2.05, 4.69) is 12.1 Å². The third kappa shape index (κ3) is 2.28. The van der Waals surface area contributed by atoms with Gasteiger partial charge in [-0.25, -0.2) is 0 Å². The zero-order valence-corrected chi connectivity index (χ0v) is 13.7. The molecule has 1 saturated heterocycles. The summed E-state index contributed by atoms with van der Waals surface area (Å²) < 4.78 is 12.3. The standard InChI is InChI=1S/C20H22O4/c21-14-16-13-19(12-15-5-2-1-3-6-15)17(11-18(16)22)7-4-8-20(19)23-9-10-24-20/h1-3,5-6,11,14,16H,4,7-10,12-13H2. The minimum Gasteiger partial charge on any atom is -0.347 e. The van der Waals surface area contributed by atoms with E-state index in [9.17, 15) is 9.59 Å². The van der Waals surface area contributed by atoms with Crippen molar-refractivity contribution in [1.29, 1.82) is 0 Å². The highest BCUT2D eigenvalue weighted by Crippen LogP contribution is 2.58. The first kappa shape index (κ1) is 15.7. The van der Waals surface area contributed by atoms with Gasteiger partial charge in [0, 0.05) is 6.42 Å². The highest BCUT2D eigenvalue weighted by atomic mass is 16.7. The lowest BCUT2D eigenvalue weighted by molar-refractivity contribution is -0.244. The number of ether oxygens (including phenoxy) is 2. The number of allylic oxidation sites excluding steroid dienone is 1. The van der Waals surface area contributed by atoms with Crippen LogP contribution in [0, 0.1) is 11.3 Å². The first-order chi connectivity index (χ1) is 11.7. The summed E-state index contributed by atoms with van der Waals surface area (Å²) in [6.45, 7) is 1.15. The molecule has 126 valence electrons. The van der Waals surface area contributed by atoms with Crippen LogP contribution in [-0.2, 0) is 25.5 Å². The third-order valence-corrected chi connectivity index (χ3v) is 5.81. The quantitative estimate of drug-likeness (QED) is 0.633. The van der Waals surface area contributed by atoms with Crippen molar-refractivity contribution in [1.82, 2.24) is 0 Å². The lowest BCUT2D eigenvalue weighted by atomic mass is 9.56. The van der Waals surface area contributed by atoms with E-state index in [1.54, 1.807) is 6.08 Å². The molecule has 0 amide bonds. The summed E-state index contributed by atoms with van der Waals surface area (Å²) in [5.41, 5.74) is 1.85. The van der Waals surface area contributed by atoms with Crippen molar-refractivity contribution in [3.8, 4) is 0 Å². The van der Waals surface area contributed by atoms with E-state index in [0.717, 1.165) is 37.5 Å². The van der Waals surface area contributed by atoms with Crippen LogP contribution in [-0.4, -0.2) is 31.1 Å². The molecule has 24 heavy (non-hydrogen) atoms. The topological polar surface area (TPSA) is 52.6 Å². The molecule has 1 saturated carbocycles. The Balaban J connectivity index is 1.84.